The SMILES string of the molecule is Nc1ccc(C2(CCCC(=O)O)CCC2)cc1. The maximum Gasteiger partial charge on any atom is 0.303 e. The van der Waals surface area contributed by atoms with E-state index < -0.39 is 5.97 Å². The number of hydrogen-bond donors (Lipinski definition) is 2. The Morgan fingerprint density at radius 1 is 1.29 bits per heavy atom. The zero-order valence-corrected chi connectivity index (χ0v) is 9.98. The molecule has 3 heteroatoms. The van der Waals surface area contributed by atoms with Crippen LogP contribution in [0.25, 0.3) is 0 Å². The van der Waals surface area contributed by atoms with E-state index in [1.54, 1.807) is 0 Å². The Labute approximate surface area is 102 Å². The molecular weight excluding hydrogens is 214 g/mol. The predicted molar refractivity (Wildman–Crippen MR) is 67.9 cm³/mol. The number of carbonyl (C=O) groups is 1. The Balaban J connectivity index is 2.03. The molecule has 0 unspecified atom stereocenters. The molecule has 0 heterocycles. The van der Waals surface area contributed by atoms with Gasteiger partial charge in [-0.05, 0) is 48.8 Å². The molecule has 0 atom stereocenters. The molecule has 1 aromatic carbocycles. The van der Waals surface area contributed by atoms with Crippen molar-refractivity contribution in [2.75, 3.05) is 5.73 Å². The molecule has 1 aromatic rings. The van der Waals surface area contributed by atoms with Gasteiger partial charge in [-0.1, -0.05) is 18.6 Å². The van der Waals surface area contributed by atoms with E-state index in [-0.39, 0.29) is 11.8 Å². The topological polar surface area (TPSA) is 63.3 Å². The molecular formula is C14H19NO2. The summed E-state index contributed by atoms with van der Waals surface area (Å²) in [6.07, 6.45) is 5.62. The molecule has 1 aliphatic carbocycles. The molecule has 3 nitrogen and oxygen atoms in total. The van der Waals surface area contributed by atoms with Gasteiger partial charge in [-0.25, -0.2) is 0 Å². The van der Waals surface area contributed by atoms with Crippen LogP contribution >= 0.6 is 0 Å². The normalized spacial score (nSPS) is 17.4. The number of nitrogen functional groups attached to an aromatic ring is 1. The molecule has 0 saturated heterocycles. The highest BCUT2D eigenvalue weighted by Crippen LogP contribution is 2.47. The molecule has 2 rings (SSSR count). The van der Waals surface area contributed by atoms with Gasteiger partial charge in [-0.3, -0.25) is 4.79 Å². The Morgan fingerprint density at radius 2 is 1.94 bits per heavy atom. The molecule has 0 bridgehead atoms. The van der Waals surface area contributed by atoms with Crippen molar-refractivity contribution < 1.29 is 9.90 Å². The second-order valence-electron chi connectivity index (χ2n) is 5.00. The van der Waals surface area contributed by atoms with E-state index in [9.17, 15) is 4.79 Å². The summed E-state index contributed by atoms with van der Waals surface area (Å²) in [6.45, 7) is 0. The van der Waals surface area contributed by atoms with Gasteiger partial charge in [-0.15, -0.1) is 0 Å². The number of nitrogens with two attached hydrogens (primary N) is 1. The molecule has 3 N–H and O–H groups in total. The van der Waals surface area contributed by atoms with Crippen LogP contribution in [0, 0.1) is 0 Å². The van der Waals surface area contributed by atoms with Crippen molar-refractivity contribution in [3.8, 4) is 0 Å². The minimum Gasteiger partial charge on any atom is -0.481 e. The lowest BCUT2D eigenvalue weighted by molar-refractivity contribution is -0.137. The first-order chi connectivity index (χ1) is 8.12. The Hall–Kier alpha value is -1.51. The van der Waals surface area contributed by atoms with Gasteiger partial charge in [0, 0.05) is 12.1 Å². The zero-order chi connectivity index (χ0) is 12.3. The minimum atomic E-state index is -0.697. The number of carboxylic acids is 1. The van der Waals surface area contributed by atoms with Gasteiger partial charge in [0.15, 0.2) is 0 Å². The van der Waals surface area contributed by atoms with Crippen LogP contribution in [0.4, 0.5) is 5.69 Å². The van der Waals surface area contributed by atoms with Crippen molar-refractivity contribution in [3.05, 3.63) is 29.8 Å². The Morgan fingerprint density at radius 3 is 2.41 bits per heavy atom. The number of anilines is 1. The van der Waals surface area contributed by atoms with Crippen LogP contribution in [0.15, 0.2) is 24.3 Å². The first-order valence-corrected chi connectivity index (χ1v) is 6.20. The van der Waals surface area contributed by atoms with E-state index in [0.29, 0.717) is 0 Å². The second kappa shape index (κ2) is 4.78. The van der Waals surface area contributed by atoms with Crippen LogP contribution in [0.3, 0.4) is 0 Å². The summed E-state index contributed by atoms with van der Waals surface area (Å²) in [5.74, 6) is -0.697. The van der Waals surface area contributed by atoms with Crippen LogP contribution in [0.2, 0.25) is 0 Å². The summed E-state index contributed by atoms with van der Waals surface area (Å²) in [5.41, 5.74) is 8.03. The second-order valence-corrected chi connectivity index (χ2v) is 5.00. The molecule has 0 aromatic heterocycles. The number of hydrogen-bond acceptors (Lipinski definition) is 2. The third kappa shape index (κ3) is 2.60. The van der Waals surface area contributed by atoms with Crippen molar-refractivity contribution in [2.45, 2.75) is 43.9 Å². The van der Waals surface area contributed by atoms with Gasteiger partial charge in [0.05, 0.1) is 0 Å². The van der Waals surface area contributed by atoms with Gasteiger partial charge in [-0.2, -0.15) is 0 Å². The molecule has 0 amide bonds. The van der Waals surface area contributed by atoms with Crippen LogP contribution in [0.5, 0.6) is 0 Å². The van der Waals surface area contributed by atoms with E-state index in [1.807, 2.05) is 12.1 Å². The van der Waals surface area contributed by atoms with Gasteiger partial charge >= 0.3 is 5.97 Å². The Bertz CT molecular complexity index is 393. The van der Waals surface area contributed by atoms with Crippen molar-refractivity contribution in [2.24, 2.45) is 0 Å². The summed E-state index contributed by atoms with van der Waals surface area (Å²) in [6, 6.07) is 8.06. The zero-order valence-electron chi connectivity index (χ0n) is 9.98. The summed E-state index contributed by atoms with van der Waals surface area (Å²) in [5, 5.41) is 8.69. The van der Waals surface area contributed by atoms with E-state index in [0.717, 1.165) is 18.5 Å². The van der Waals surface area contributed by atoms with Gasteiger partial charge in [0.1, 0.15) is 0 Å². The largest absolute Gasteiger partial charge is 0.481 e. The van der Waals surface area contributed by atoms with E-state index >= 15 is 0 Å². The van der Waals surface area contributed by atoms with Gasteiger partial charge < -0.3 is 10.8 Å². The number of aliphatic carboxylic acids is 1. The van der Waals surface area contributed by atoms with Crippen molar-refractivity contribution in [1.29, 1.82) is 0 Å². The highest BCUT2D eigenvalue weighted by Gasteiger charge is 2.37. The van der Waals surface area contributed by atoms with Crippen molar-refractivity contribution in [1.82, 2.24) is 0 Å². The van der Waals surface area contributed by atoms with Crippen molar-refractivity contribution in [3.63, 3.8) is 0 Å². The summed E-state index contributed by atoms with van der Waals surface area (Å²) >= 11 is 0. The lowest BCUT2D eigenvalue weighted by Crippen LogP contribution is -2.34. The van der Waals surface area contributed by atoms with Crippen LogP contribution in [-0.2, 0) is 10.2 Å². The lowest BCUT2D eigenvalue weighted by atomic mass is 9.62. The average Bonchev–Trinajstić information content (AvgIpc) is 2.23. The first kappa shape index (κ1) is 12.0. The molecule has 0 spiro atoms. The first-order valence-electron chi connectivity index (χ1n) is 6.20. The predicted octanol–water partition coefficient (Wildman–Crippen LogP) is 2.95. The number of carboxylic acid groups (broad SMARTS) is 1. The molecule has 1 fully saturated rings. The minimum absolute atomic E-state index is 0.225. The lowest BCUT2D eigenvalue weighted by Gasteiger charge is -2.43. The molecule has 0 aliphatic heterocycles. The van der Waals surface area contributed by atoms with Gasteiger partial charge in [0.2, 0.25) is 0 Å². The highest BCUT2D eigenvalue weighted by atomic mass is 16.4. The molecule has 92 valence electrons. The molecule has 0 radical (unpaired) electrons. The third-order valence-corrected chi connectivity index (χ3v) is 3.88. The van der Waals surface area contributed by atoms with E-state index in [2.05, 4.69) is 12.1 Å². The highest BCUT2D eigenvalue weighted by molar-refractivity contribution is 5.66. The molecule has 1 saturated carbocycles. The van der Waals surface area contributed by atoms with Gasteiger partial charge in [0.25, 0.3) is 0 Å². The maximum absolute atomic E-state index is 10.6. The third-order valence-electron chi connectivity index (χ3n) is 3.88. The van der Waals surface area contributed by atoms with E-state index in [1.165, 1.54) is 24.8 Å². The quantitative estimate of drug-likeness (QED) is 0.768. The number of rotatable bonds is 5. The molecule has 1 aliphatic rings. The van der Waals surface area contributed by atoms with Crippen molar-refractivity contribution >= 4 is 11.7 Å². The van der Waals surface area contributed by atoms with E-state index in [4.69, 9.17) is 10.8 Å². The molecule has 17 heavy (non-hydrogen) atoms. The van der Waals surface area contributed by atoms with Crippen LogP contribution < -0.4 is 5.73 Å². The standard InChI is InChI=1S/C14H19NO2/c15-12-6-4-11(5-7-12)14(9-2-10-14)8-1-3-13(16)17/h4-7H,1-3,8-10,15H2,(H,16,17). The maximum atomic E-state index is 10.6. The summed E-state index contributed by atoms with van der Waals surface area (Å²) in [4.78, 5) is 10.6. The fraction of sp³-hybridized carbons (Fsp3) is 0.500. The average molecular weight is 233 g/mol. The Kier molecular flexibility index (Phi) is 3.36. The fourth-order valence-electron chi connectivity index (χ4n) is 2.70. The summed E-state index contributed by atoms with van der Waals surface area (Å²) in [7, 11) is 0. The number of benzene rings is 1. The summed E-state index contributed by atoms with van der Waals surface area (Å²) < 4.78 is 0. The monoisotopic (exact) mass is 233 g/mol. The van der Waals surface area contributed by atoms with Crippen LogP contribution in [-0.4, -0.2) is 11.1 Å². The van der Waals surface area contributed by atoms with Crippen LogP contribution in [0.1, 0.15) is 44.1 Å². The smallest absolute Gasteiger partial charge is 0.303 e. The fourth-order valence-corrected chi connectivity index (χ4v) is 2.70.